The fourth-order valence-corrected chi connectivity index (χ4v) is 3.58. The number of allylic oxidation sites excluding steroid dienone is 3. The van der Waals surface area contributed by atoms with Crippen LogP contribution in [0.1, 0.15) is 24.8 Å². The first-order chi connectivity index (χ1) is 11.6. The average molecular weight is 348 g/mol. The number of hydrogen-bond acceptors (Lipinski definition) is 3. The third-order valence-electron chi connectivity index (χ3n) is 4.74. The minimum atomic E-state index is 0.140. The molecular weight excluding hydrogens is 326 g/mol. The summed E-state index contributed by atoms with van der Waals surface area (Å²) in [7, 11) is 1.53. The summed E-state index contributed by atoms with van der Waals surface area (Å²) < 4.78 is 5.08. The van der Waals surface area contributed by atoms with Gasteiger partial charge >= 0.3 is 0 Å². The highest BCUT2D eigenvalue weighted by atomic mass is 35.5. The molecule has 128 valence electrons. The third-order valence-corrected chi connectivity index (χ3v) is 5.02. The topological polar surface area (TPSA) is 49.8 Å². The quantitative estimate of drug-likeness (QED) is 0.884. The van der Waals surface area contributed by atoms with E-state index >= 15 is 0 Å². The summed E-state index contributed by atoms with van der Waals surface area (Å²) in [5, 5.41) is 10.7. The summed E-state index contributed by atoms with van der Waals surface area (Å²) in [5.74, 6) is 1.14. The average Bonchev–Trinajstić information content (AvgIpc) is 2.90. The maximum atomic E-state index is 12.3. The fraction of sp³-hybridized carbons (Fsp3) is 0.421. The number of nitrogens with zero attached hydrogens (tertiary/aromatic N) is 1. The van der Waals surface area contributed by atoms with Crippen molar-refractivity contribution in [3.63, 3.8) is 0 Å². The molecule has 0 spiro atoms. The standard InChI is InChI=1S/C19H22ClNO3/c1-24-18-8-4-14(11-17(18)22)10-16-7-9-19(23)21(16)12-13-2-5-15(20)6-3-13/h2,4-6,8,11,13,16,22H,3,7,9-10,12H2,1H3. The maximum absolute atomic E-state index is 12.3. The van der Waals surface area contributed by atoms with Gasteiger partial charge in [0.05, 0.1) is 7.11 Å². The zero-order valence-electron chi connectivity index (χ0n) is 13.7. The number of rotatable bonds is 5. The molecule has 1 aliphatic heterocycles. The van der Waals surface area contributed by atoms with Crippen LogP contribution in [0, 0.1) is 5.92 Å². The van der Waals surface area contributed by atoms with Crippen LogP contribution in [0.5, 0.6) is 11.5 Å². The zero-order chi connectivity index (χ0) is 17.1. The van der Waals surface area contributed by atoms with E-state index in [2.05, 4.69) is 6.08 Å². The van der Waals surface area contributed by atoms with Crippen molar-refractivity contribution in [2.75, 3.05) is 13.7 Å². The molecule has 1 saturated heterocycles. The van der Waals surface area contributed by atoms with Crippen molar-refractivity contribution < 1.29 is 14.6 Å². The van der Waals surface area contributed by atoms with Crippen molar-refractivity contribution in [2.45, 2.75) is 31.7 Å². The minimum absolute atomic E-state index is 0.140. The Balaban J connectivity index is 1.67. The molecule has 1 amide bonds. The van der Waals surface area contributed by atoms with Crippen LogP contribution in [0.15, 0.2) is 41.5 Å². The van der Waals surface area contributed by atoms with Gasteiger partial charge in [-0.3, -0.25) is 4.79 Å². The van der Waals surface area contributed by atoms with Gasteiger partial charge in [0.15, 0.2) is 11.5 Å². The van der Waals surface area contributed by atoms with Crippen molar-refractivity contribution in [1.82, 2.24) is 4.90 Å². The highest BCUT2D eigenvalue weighted by Gasteiger charge is 2.32. The van der Waals surface area contributed by atoms with Crippen LogP contribution in [0.25, 0.3) is 0 Å². The van der Waals surface area contributed by atoms with Crippen molar-refractivity contribution in [1.29, 1.82) is 0 Å². The number of carbonyl (C=O) groups is 1. The van der Waals surface area contributed by atoms with Crippen molar-refractivity contribution >= 4 is 17.5 Å². The fourth-order valence-electron chi connectivity index (χ4n) is 3.42. The van der Waals surface area contributed by atoms with Crippen LogP contribution in [0.4, 0.5) is 0 Å². The van der Waals surface area contributed by atoms with E-state index in [1.54, 1.807) is 12.1 Å². The molecule has 5 heteroatoms. The molecule has 2 aliphatic rings. The SMILES string of the molecule is COc1ccc(CC2CCC(=O)N2CC2C=CC(Cl)=CC2)cc1O. The molecule has 1 fully saturated rings. The van der Waals surface area contributed by atoms with Gasteiger partial charge in [-0.25, -0.2) is 0 Å². The zero-order valence-corrected chi connectivity index (χ0v) is 14.5. The summed E-state index contributed by atoms with van der Waals surface area (Å²) >= 11 is 5.96. The van der Waals surface area contributed by atoms with Crippen LogP contribution in [-0.4, -0.2) is 35.6 Å². The number of hydrogen-bond donors (Lipinski definition) is 1. The number of ether oxygens (including phenoxy) is 1. The van der Waals surface area contributed by atoms with E-state index in [1.165, 1.54) is 7.11 Å². The third kappa shape index (κ3) is 3.75. The number of methoxy groups -OCH3 is 1. The van der Waals surface area contributed by atoms with Crippen LogP contribution in [0.2, 0.25) is 0 Å². The Hall–Kier alpha value is -1.94. The molecule has 1 aromatic carbocycles. The van der Waals surface area contributed by atoms with Gasteiger partial charge in [0.25, 0.3) is 0 Å². The number of halogens is 1. The van der Waals surface area contributed by atoms with Crippen LogP contribution in [0.3, 0.4) is 0 Å². The number of aromatic hydroxyl groups is 1. The predicted octanol–water partition coefficient (Wildman–Crippen LogP) is 3.63. The lowest BCUT2D eigenvalue weighted by Crippen LogP contribution is -2.38. The molecule has 1 heterocycles. The number of phenolic OH excluding ortho intramolecular Hbond substituents is 1. The van der Waals surface area contributed by atoms with E-state index in [-0.39, 0.29) is 17.7 Å². The first-order valence-corrected chi connectivity index (χ1v) is 8.64. The van der Waals surface area contributed by atoms with Gasteiger partial charge in [0, 0.05) is 24.0 Å². The number of carbonyl (C=O) groups excluding carboxylic acids is 1. The lowest BCUT2D eigenvalue weighted by Gasteiger charge is -2.28. The van der Waals surface area contributed by atoms with Crippen molar-refractivity contribution in [3.05, 3.63) is 47.0 Å². The second-order valence-corrected chi connectivity index (χ2v) is 6.83. The molecule has 2 unspecified atom stereocenters. The first-order valence-electron chi connectivity index (χ1n) is 8.26. The second kappa shape index (κ2) is 7.31. The first kappa shape index (κ1) is 16.9. The van der Waals surface area contributed by atoms with Gasteiger partial charge in [-0.05, 0) is 49.0 Å². The van der Waals surface area contributed by atoms with Crippen molar-refractivity contribution in [3.8, 4) is 11.5 Å². The molecule has 0 saturated carbocycles. The van der Waals surface area contributed by atoms with E-state index in [0.717, 1.165) is 36.4 Å². The van der Waals surface area contributed by atoms with Gasteiger partial charge in [0.2, 0.25) is 5.91 Å². The molecule has 3 rings (SSSR count). The molecule has 1 aromatic rings. The molecule has 1 N–H and O–H groups in total. The molecule has 0 bridgehead atoms. The number of benzene rings is 1. The highest BCUT2D eigenvalue weighted by molar-refractivity contribution is 6.31. The van der Waals surface area contributed by atoms with Gasteiger partial charge in [0.1, 0.15) is 0 Å². The monoisotopic (exact) mass is 347 g/mol. The summed E-state index contributed by atoms with van der Waals surface area (Å²) in [4.78, 5) is 14.3. The Morgan fingerprint density at radius 3 is 2.92 bits per heavy atom. The van der Waals surface area contributed by atoms with Gasteiger partial charge in [-0.2, -0.15) is 0 Å². The molecular formula is C19H22ClNO3. The molecule has 4 nitrogen and oxygen atoms in total. The summed E-state index contributed by atoms with van der Waals surface area (Å²) in [6.07, 6.45) is 9.07. The maximum Gasteiger partial charge on any atom is 0.222 e. The van der Waals surface area contributed by atoms with E-state index in [1.807, 2.05) is 23.1 Å². The molecule has 2 atom stereocenters. The van der Waals surface area contributed by atoms with Gasteiger partial charge in [-0.15, -0.1) is 0 Å². The summed E-state index contributed by atoms with van der Waals surface area (Å²) in [6.45, 7) is 0.725. The minimum Gasteiger partial charge on any atom is -0.504 e. The largest absolute Gasteiger partial charge is 0.504 e. The Bertz CT molecular complexity index is 683. The van der Waals surface area contributed by atoms with E-state index in [9.17, 15) is 9.90 Å². The summed E-state index contributed by atoms with van der Waals surface area (Å²) in [5.41, 5.74) is 1.01. The Kier molecular flexibility index (Phi) is 5.14. The second-order valence-electron chi connectivity index (χ2n) is 6.39. The lowest BCUT2D eigenvalue weighted by atomic mass is 9.98. The van der Waals surface area contributed by atoms with Gasteiger partial charge in [-0.1, -0.05) is 29.8 Å². The molecule has 0 radical (unpaired) electrons. The molecule has 24 heavy (non-hydrogen) atoms. The van der Waals surface area contributed by atoms with E-state index in [4.69, 9.17) is 16.3 Å². The highest BCUT2D eigenvalue weighted by Crippen LogP contribution is 2.30. The smallest absolute Gasteiger partial charge is 0.222 e. The number of phenols is 1. The number of amides is 1. The van der Waals surface area contributed by atoms with E-state index in [0.29, 0.717) is 18.1 Å². The van der Waals surface area contributed by atoms with Gasteiger partial charge < -0.3 is 14.7 Å². The Morgan fingerprint density at radius 2 is 2.25 bits per heavy atom. The Morgan fingerprint density at radius 1 is 1.42 bits per heavy atom. The van der Waals surface area contributed by atoms with Crippen LogP contribution < -0.4 is 4.74 Å². The molecule has 0 aromatic heterocycles. The lowest BCUT2D eigenvalue weighted by molar-refractivity contribution is -0.129. The summed E-state index contributed by atoms with van der Waals surface area (Å²) in [6, 6.07) is 5.62. The number of likely N-dealkylation sites (tertiary alicyclic amines) is 1. The van der Waals surface area contributed by atoms with Crippen LogP contribution >= 0.6 is 11.6 Å². The van der Waals surface area contributed by atoms with Crippen LogP contribution in [-0.2, 0) is 11.2 Å². The van der Waals surface area contributed by atoms with Crippen molar-refractivity contribution in [2.24, 2.45) is 5.92 Å². The van der Waals surface area contributed by atoms with E-state index < -0.39 is 0 Å². The Labute approximate surface area is 147 Å². The molecule has 1 aliphatic carbocycles. The normalized spacial score (nSPS) is 23.5. The predicted molar refractivity (Wildman–Crippen MR) is 94.3 cm³/mol.